The number of likely N-dealkylation sites (tertiary alicyclic amines) is 1. The highest BCUT2D eigenvalue weighted by Gasteiger charge is 2.31. The normalized spacial score (nSPS) is 18.7. The highest BCUT2D eigenvalue weighted by molar-refractivity contribution is 6.04. The number of carbonyl (C=O) groups is 1. The number of rotatable bonds is 2. The molecule has 3 aromatic rings. The summed E-state index contributed by atoms with van der Waals surface area (Å²) in [7, 11) is 0. The van der Waals surface area contributed by atoms with E-state index in [0.29, 0.717) is 5.56 Å². The second-order valence-electron chi connectivity index (χ2n) is 5.49. The van der Waals surface area contributed by atoms with Gasteiger partial charge in [-0.25, -0.2) is 9.97 Å². The van der Waals surface area contributed by atoms with Crippen molar-refractivity contribution in [2.45, 2.75) is 25.3 Å². The van der Waals surface area contributed by atoms with Crippen LogP contribution in [0.3, 0.4) is 0 Å². The van der Waals surface area contributed by atoms with Gasteiger partial charge in [0.15, 0.2) is 0 Å². The van der Waals surface area contributed by atoms with E-state index in [1.54, 1.807) is 6.33 Å². The lowest BCUT2D eigenvalue weighted by molar-refractivity contribution is 0.0602. The molecule has 2 aromatic heterocycles. The number of piperidine rings is 1. The zero-order chi connectivity index (χ0) is 14.9. The van der Waals surface area contributed by atoms with Crippen LogP contribution in [-0.2, 0) is 0 Å². The number of benzene rings is 1. The van der Waals surface area contributed by atoms with Gasteiger partial charge in [0.25, 0.3) is 5.91 Å². The van der Waals surface area contributed by atoms with Gasteiger partial charge >= 0.3 is 0 Å². The molecule has 1 aliphatic rings. The van der Waals surface area contributed by atoms with E-state index in [2.05, 4.69) is 25.1 Å². The second-order valence-corrected chi connectivity index (χ2v) is 5.49. The molecule has 1 aromatic carbocycles. The van der Waals surface area contributed by atoms with Gasteiger partial charge in [0.2, 0.25) is 0 Å². The monoisotopic (exact) mass is 296 g/mol. The number of aromatic amines is 2. The molecular formula is C15H16N6O. The fourth-order valence-corrected chi connectivity index (χ4v) is 3.13. The van der Waals surface area contributed by atoms with Crippen molar-refractivity contribution in [1.29, 1.82) is 0 Å². The molecule has 112 valence electrons. The van der Waals surface area contributed by atoms with Crippen LogP contribution in [-0.4, -0.2) is 42.5 Å². The Balaban J connectivity index is 1.72. The molecule has 2 N–H and O–H groups in total. The minimum absolute atomic E-state index is 0.00111. The average Bonchev–Trinajstić information content (AvgIpc) is 3.25. The molecule has 0 radical (unpaired) electrons. The number of imidazole rings is 1. The Bertz CT molecular complexity index is 793. The lowest BCUT2D eigenvalue weighted by Crippen LogP contribution is -2.39. The first-order chi connectivity index (χ1) is 10.8. The molecule has 1 saturated heterocycles. The number of nitrogens with one attached hydrogen (secondary N) is 2. The maximum absolute atomic E-state index is 13.0. The van der Waals surface area contributed by atoms with E-state index >= 15 is 0 Å². The molecule has 0 bridgehead atoms. The van der Waals surface area contributed by atoms with Gasteiger partial charge in [-0.2, -0.15) is 5.10 Å². The fraction of sp³-hybridized carbons (Fsp3) is 0.333. The number of amides is 1. The van der Waals surface area contributed by atoms with Gasteiger partial charge < -0.3 is 9.88 Å². The van der Waals surface area contributed by atoms with Gasteiger partial charge in [-0.05, 0) is 31.4 Å². The van der Waals surface area contributed by atoms with Crippen LogP contribution in [0, 0.1) is 0 Å². The van der Waals surface area contributed by atoms with Crippen molar-refractivity contribution in [3.8, 4) is 0 Å². The third kappa shape index (κ3) is 2.05. The van der Waals surface area contributed by atoms with Gasteiger partial charge in [0.1, 0.15) is 17.7 Å². The summed E-state index contributed by atoms with van der Waals surface area (Å²) in [6, 6.07) is 5.58. The number of carbonyl (C=O) groups excluding carboxylic acids is 1. The first-order valence-electron chi connectivity index (χ1n) is 7.43. The van der Waals surface area contributed by atoms with Gasteiger partial charge in [-0.1, -0.05) is 6.07 Å². The zero-order valence-corrected chi connectivity index (χ0v) is 12.0. The molecule has 22 heavy (non-hydrogen) atoms. The Morgan fingerprint density at radius 2 is 2.23 bits per heavy atom. The van der Waals surface area contributed by atoms with E-state index < -0.39 is 0 Å². The summed E-state index contributed by atoms with van der Waals surface area (Å²) in [6.45, 7) is 0.727. The van der Waals surface area contributed by atoms with E-state index in [0.717, 1.165) is 42.7 Å². The standard InChI is InChI=1S/C15H16N6O/c22-15(10-4-3-5-11-13(10)17-8-16-11)21-7-2-1-6-12(21)14-18-9-19-20-14/h3-5,8-9,12H,1-2,6-7H2,(H,16,17)(H,18,19,20)/t12-/m1/s1. The first-order valence-corrected chi connectivity index (χ1v) is 7.43. The Labute approximate surface area is 126 Å². The number of para-hydroxylation sites is 1. The fourth-order valence-electron chi connectivity index (χ4n) is 3.13. The molecule has 1 atom stereocenters. The Morgan fingerprint density at radius 3 is 3.09 bits per heavy atom. The van der Waals surface area contributed by atoms with Gasteiger partial charge in [-0.3, -0.25) is 9.89 Å². The van der Waals surface area contributed by atoms with Crippen molar-refractivity contribution in [3.63, 3.8) is 0 Å². The smallest absolute Gasteiger partial charge is 0.256 e. The molecule has 3 heterocycles. The van der Waals surface area contributed by atoms with E-state index in [4.69, 9.17) is 0 Å². The molecule has 1 aliphatic heterocycles. The molecule has 4 rings (SSSR count). The summed E-state index contributed by atoms with van der Waals surface area (Å²) in [6.07, 6.45) is 6.10. The Kier molecular flexibility index (Phi) is 3.10. The zero-order valence-electron chi connectivity index (χ0n) is 12.0. The van der Waals surface area contributed by atoms with Crippen LogP contribution in [0.5, 0.6) is 0 Å². The largest absolute Gasteiger partial charge is 0.345 e. The van der Waals surface area contributed by atoms with Crippen molar-refractivity contribution in [3.05, 3.63) is 42.2 Å². The minimum atomic E-state index is -0.0436. The molecule has 0 aliphatic carbocycles. The number of hydrogen-bond acceptors (Lipinski definition) is 4. The Hall–Kier alpha value is -2.70. The first kappa shape index (κ1) is 13.0. The number of fused-ring (bicyclic) bond motifs is 1. The molecule has 1 fully saturated rings. The number of nitrogens with zero attached hydrogens (tertiary/aromatic N) is 4. The summed E-state index contributed by atoms with van der Waals surface area (Å²) in [4.78, 5) is 26.5. The van der Waals surface area contributed by atoms with E-state index in [1.165, 1.54) is 6.33 Å². The Morgan fingerprint density at radius 1 is 1.27 bits per heavy atom. The molecule has 1 amide bonds. The maximum atomic E-state index is 13.0. The van der Waals surface area contributed by atoms with Crippen LogP contribution in [0.15, 0.2) is 30.9 Å². The number of H-pyrrole nitrogens is 2. The van der Waals surface area contributed by atoms with Crippen molar-refractivity contribution in [2.24, 2.45) is 0 Å². The van der Waals surface area contributed by atoms with Crippen LogP contribution >= 0.6 is 0 Å². The number of hydrogen-bond donors (Lipinski definition) is 2. The quantitative estimate of drug-likeness (QED) is 0.757. The van der Waals surface area contributed by atoms with Crippen molar-refractivity contribution < 1.29 is 4.79 Å². The summed E-state index contributed by atoms with van der Waals surface area (Å²) >= 11 is 0. The molecular weight excluding hydrogens is 280 g/mol. The topological polar surface area (TPSA) is 90.6 Å². The lowest BCUT2D eigenvalue weighted by atomic mass is 10.00. The van der Waals surface area contributed by atoms with Crippen LogP contribution in [0.25, 0.3) is 11.0 Å². The van der Waals surface area contributed by atoms with Gasteiger partial charge in [-0.15, -0.1) is 0 Å². The number of aromatic nitrogens is 5. The minimum Gasteiger partial charge on any atom is -0.345 e. The van der Waals surface area contributed by atoms with E-state index in [9.17, 15) is 4.79 Å². The van der Waals surface area contributed by atoms with Crippen molar-refractivity contribution >= 4 is 16.9 Å². The molecule has 7 heteroatoms. The SMILES string of the molecule is O=C(c1cccc2[nH]cnc12)N1CCCC[C@@H]1c1ncn[nH]1. The second kappa shape index (κ2) is 5.25. The average molecular weight is 296 g/mol. The lowest BCUT2D eigenvalue weighted by Gasteiger charge is -2.34. The maximum Gasteiger partial charge on any atom is 0.256 e. The summed E-state index contributed by atoms with van der Waals surface area (Å²) < 4.78 is 0. The van der Waals surface area contributed by atoms with E-state index in [-0.39, 0.29) is 11.9 Å². The molecule has 7 nitrogen and oxygen atoms in total. The van der Waals surface area contributed by atoms with Crippen LogP contribution in [0.2, 0.25) is 0 Å². The van der Waals surface area contributed by atoms with Gasteiger partial charge in [0.05, 0.1) is 23.4 Å². The van der Waals surface area contributed by atoms with Gasteiger partial charge in [0, 0.05) is 6.54 Å². The van der Waals surface area contributed by atoms with Crippen LogP contribution < -0.4 is 0 Å². The third-order valence-electron chi connectivity index (χ3n) is 4.19. The molecule has 0 saturated carbocycles. The predicted molar refractivity (Wildman–Crippen MR) is 80.1 cm³/mol. The summed E-state index contributed by atoms with van der Waals surface area (Å²) in [5.41, 5.74) is 2.22. The highest BCUT2D eigenvalue weighted by atomic mass is 16.2. The molecule has 0 unspecified atom stereocenters. The van der Waals surface area contributed by atoms with Crippen LogP contribution in [0.4, 0.5) is 0 Å². The van der Waals surface area contributed by atoms with Crippen molar-refractivity contribution in [1.82, 2.24) is 30.0 Å². The summed E-state index contributed by atoms with van der Waals surface area (Å²) in [5.74, 6) is 0.751. The molecule has 0 spiro atoms. The highest BCUT2D eigenvalue weighted by Crippen LogP contribution is 2.30. The van der Waals surface area contributed by atoms with E-state index in [1.807, 2.05) is 23.1 Å². The predicted octanol–water partition coefficient (Wildman–Crippen LogP) is 2.05. The third-order valence-corrected chi connectivity index (χ3v) is 4.19. The van der Waals surface area contributed by atoms with Crippen molar-refractivity contribution in [2.75, 3.05) is 6.54 Å². The summed E-state index contributed by atoms with van der Waals surface area (Å²) in [5, 5.41) is 6.81. The van der Waals surface area contributed by atoms with Crippen LogP contribution in [0.1, 0.15) is 41.5 Å².